The number of aliphatic hydroxyl groups is 2. The molecule has 3 rings (SSSR count). The Balaban J connectivity index is 1.89. The van der Waals surface area contributed by atoms with E-state index in [0.717, 1.165) is 23.2 Å². The van der Waals surface area contributed by atoms with Crippen molar-refractivity contribution in [3.05, 3.63) is 24.4 Å². The maximum absolute atomic E-state index is 9.47. The first-order valence-corrected chi connectivity index (χ1v) is 5.41. The van der Waals surface area contributed by atoms with Gasteiger partial charge in [-0.1, -0.05) is 0 Å². The molecule has 1 aliphatic carbocycles. The normalized spacial score (nSPS) is 23.2. The van der Waals surface area contributed by atoms with Gasteiger partial charge in [0.05, 0.1) is 18.9 Å². The average Bonchev–Trinajstić information content (AvgIpc) is 3.02. The monoisotopic (exact) mass is 232 g/mol. The Bertz CT molecular complexity index is 578. The third-order valence-corrected chi connectivity index (χ3v) is 2.97. The van der Waals surface area contributed by atoms with Crippen LogP contribution in [0.3, 0.4) is 0 Å². The lowest BCUT2D eigenvalue weighted by atomic mass is 10.2. The number of aliphatic hydroxyl groups excluding tert-OH is 2. The first-order chi connectivity index (χ1) is 8.29. The van der Waals surface area contributed by atoms with Gasteiger partial charge in [-0.2, -0.15) is 0 Å². The van der Waals surface area contributed by atoms with Crippen molar-refractivity contribution in [2.75, 3.05) is 6.61 Å². The van der Waals surface area contributed by atoms with Gasteiger partial charge >= 0.3 is 0 Å². The van der Waals surface area contributed by atoms with Crippen molar-refractivity contribution in [2.45, 2.75) is 12.5 Å². The molecule has 0 aromatic carbocycles. The third kappa shape index (κ3) is 1.81. The van der Waals surface area contributed by atoms with Crippen LogP contribution in [0.2, 0.25) is 0 Å². The van der Waals surface area contributed by atoms with Gasteiger partial charge in [-0.05, 0) is 12.0 Å². The standard InChI is InChI=1S/C11H12N4O2/c16-4-10(17)8-1-7(8)3-15-6-14-9-2-12-5-13-11(9)15/h2-3,5-6,8,10,16-17H,1,4H2/b7-3+/t8-,10-/m0/s1. The molecular weight excluding hydrogens is 220 g/mol. The molecule has 0 saturated heterocycles. The Hall–Kier alpha value is -1.79. The van der Waals surface area contributed by atoms with Gasteiger partial charge in [-0.15, -0.1) is 0 Å². The van der Waals surface area contributed by atoms with E-state index in [1.807, 2.05) is 10.8 Å². The van der Waals surface area contributed by atoms with Crippen LogP contribution in [0.5, 0.6) is 0 Å². The van der Waals surface area contributed by atoms with Crippen LogP contribution in [0.1, 0.15) is 6.42 Å². The van der Waals surface area contributed by atoms with Gasteiger partial charge in [0.1, 0.15) is 18.2 Å². The van der Waals surface area contributed by atoms with E-state index in [-0.39, 0.29) is 12.5 Å². The minimum atomic E-state index is -0.661. The molecule has 0 radical (unpaired) electrons. The van der Waals surface area contributed by atoms with E-state index in [1.165, 1.54) is 6.33 Å². The summed E-state index contributed by atoms with van der Waals surface area (Å²) in [7, 11) is 0. The highest BCUT2D eigenvalue weighted by atomic mass is 16.3. The van der Waals surface area contributed by atoms with Gasteiger partial charge in [0.2, 0.25) is 0 Å². The van der Waals surface area contributed by atoms with Crippen molar-refractivity contribution < 1.29 is 10.2 Å². The molecule has 0 aliphatic heterocycles. The molecule has 1 aliphatic rings. The molecule has 1 saturated carbocycles. The summed E-state index contributed by atoms with van der Waals surface area (Å²) >= 11 is 0. The summed E-state index contributed by atoms with van der Waals surface area (Å²) in [5.41, 5.74) is 2.59. The van der Waals surface area contributed by atoms with Crippen molar-refractivity contribution in [3.8, 4) is 0 Å². The molecule has 1 fully saturated rings. The molecule has 6 heteroatoms. The molecule has 2 aromatic rings. The van der Waals surface area contributed by atoms with E-state index in [4.69, 9.17) is 5.11 Å². The smallest absolute Gasteiger partial charge is 0.167 e. The van der Waals surface area contributed by atoms with Crippen molar-refractivity contribution in [3.63, 3.8) is 0 Å². The van der Waals surface area contributed by atoms with Crippen LogP contribution in [0.15, 0.2) is 24.4 Å². The van der Waals surface area contributed by atoms with Gasteiger partial charge in [0.15, 0.2) is 5.65 Å². The van der Waals surface area contributed by atoms with E-state index < -0.39 is 6.10 Å². The molecule has 0 spiro atoms. The number of fused-ring (bicyclic) bond motifs is 1. The summed E-state index contributed by atoms with van der Waals surface area (Å²) in [5.74, 6) is 0.0688. The summed E-state index contributed by atoms with van der Waals surface area (Å²) in [6.45, 7) is -0.200. The summed E-state index contributed by atoms with van der Waals surface area (Å²) in [4.78, 5) is 12.2. The Kier molecular flexibility index (Phi) is 2.38. The van der Waals surface area contributed by atoms with Crippen molar-refractivity contribution in [2.24, 2.45) is 5.92 Å². The Labute approximate surface area is 97.3 Å². The SMILES string of the molecule is OC[C@H](O)[C@H]1C/C1=C\n1cnc2cncnc21. The van der Waals surface area contributed by atoms with Crippen LogP contribution in [0, 0.1) is 5.92 Å². The van der Waals surface area contributed by atoms with Crippen molar-refractivity contribution in [1.29, 1.82) is 0 Å². The van der Waals surface area contributed by atoms with Crippen LogP contribution in [0.4, 0.5) is 0 Å². The molecular formula is C11H12N4O2. The van der Waals surface area contributed by atoms with Gasteiger partial charge < -0.3 is 10.2 Å². The van der Waals surface area contributed by atoms with Gasteiger partial charge in [0, 0.05) is 12.1 Å². The van der Waals surface area contributed by atoms with E-state index in [9.17, 15) is 5.11 Å². The highest BCUT2D eigenvalue weighted by Gasteiger charge is 2.36. The number of aromatic nitrogens is 4. The van der Waals surface area contributed by atoms with Crippen LogP contribution in [-0.2, 0) is 0 Å². The number of hydrogen-bond acceptors (Lipinski definition) is 5. The number of imidazole rings is 1. The first-order valence-electron chi connectivity index (χ1n) is 5.41. The van der Waals surface area contributed by atoms with Crippen LogP contribution >= 0.6 is 0 Å². The summed E-state index contributed by atoms with van der Waals surface area (Å²) in [6, 6.07) is 0. The second-order valence-electron chi connectivity index (χ2n) is 4.15. The van der Waals surface area contributed by atoms with E-state index in [0.29, 0.717) is 0 Å². The highest BCUT2D eigenvalue weighted by Crippen LogP contribution is 2.41. The second-order valence-corrected chi connectivity index (χ2v) is 4.15. The topological polar surface area (TPSA) is 84.1 Å². The van der Waals surface area contributed by atoms with E-state index in [2.05, 4.69) is 15.0 Å². The lowest BCUT2D eigenvalue weighted by Crippen LogP contribution is -2.14. The van der Waals surface area contributed by atoms with Gasteiger partial charge in [-0.25, -0.2) is 15.0 Å². The Morgan fingerprint density at radius 3 is 3.24 bits per heavy atom. The average molecular weight is 232 g/mol. The van der Waals surface area contributed by atoms with Crippen LogP contribution in [-0.4, -0.2) is 42.4 Å². The maximum Gasteiger partial charge on any atom is 0.167 e. The minimum Gasteiger partial charge on any atom is -0.394 e. The van der Waals surface area contributed by atoms with E-state index in [1.54, 1.807) is 12.5 Å². The third-order valence-electron chi connectivity index (χ3n) is 2.97. The quantitative estimate of drug-likeness (QED) is 0.780. The summed E-state index contributed by atoms with van der Waals surface area (Å²) in [6.07, 6.45) is 6.87. The molecule has 0 bridgehead atoms. The second kappa shape index (κ2) is 3.90. The predicted octanol–water partition coefficient (Wildman–Crippen LogP) is 0.0403. The minimum absolute atomic E-state index is 0.0688. The lowest BCUT2D eigenvalue weighted by molar-refractivity contribution is 0.0815. The van der Waals surface area contributed by atoms with Crippen LogP contribution in [0.25, 0.3) is 17.4 Å². The molecule has 88 valence electrons. The van der Waals surface area contributed by atoms with E-state index >= 15 is 0 Å². The molecule has 2 heterocycles. The molecule has 6 nitrogen and oxygen atoms in total. The fourth-order valence-electron chi connectivity index (χ4n) is 1.91. The molecule has 2 atom stereocenters. The predicted molar refractivity (Wildman–Crippen MR) is 60.8 cm³/mol. The van der Waals surface area contributed by atoms with Crippen molar-refractivity contribution in [1.82, 2.24) is 19.5 Å². The number of nitrogens with zero attached hydrogens (tertiary/aromatic N) is 4. The lowest BCUT2D eigenvalue weighted by Gasteiger charge is -2.01. The van der Waals surface area contributed by atoms with Crippen molar-refractivity contribution >= 4 is 17.4 Å². The Morgan fingerprint density at radius 1 is 1.53 bits per heavy atom. The highest BCUT2D eigenvalue weighted by molar-refractivity contribution is 5.72. The zero-order chi connectivity index (χ0) is 11.8. The maximum atomic E-state index is 9.47. The zero-order valence-corrected chi connectivity index (χ0v) is 9.06. The number of hydrogen-bond donors (Lipinski definition) is 2. The molecule has 0 amide bonds. The molecule has 0 unspecified atom stereocenters. The molecule has 17 heavy (non-hydrogen) atoms. The summed E-state index contributed by atoms with van der Waals surface area (Å²) < 4.78 is 1.82. The molecule has 2 N–H and O–H groups in total. The first kappa shape index (κ1) is 10.4. The van der Waals surface area contributed by atoms with Gasteiger partial charge in [-0.3, -0.25) is 4.57 Å². The fourth-order valence-corrected chi connectivity index (χ4v) is 1.91. The zero-order valence-electron chi connectivity index (χ0n) is 9.06. The van der Waals surface area contributed by atoms with Crippen LogP contribution < -0.4 is 0 Å². The van der Waals surface area contributed by atoms with Gasteiger partial charge in [0.25, 0.3) is 0 Å². The molecule has 2 aromatic heterocycles. The fraction of sp³-hybridized carbons (Fsp3) is 0.364. The summed E-state index contributed by atoms with van der Waals surface area (Å²) in [5, 5.41) is 18.3. The Morgan fingerprint density at radius 2 is 2.41 bits per heavy atom. The largest absolute Gasteiger partial charge is 0.394 e. The number of rotatable bonds is 3.